The topological polar surface area (TPSA) is 47.6 Å². The van der Waals surface area contributed by atoms with Gasteiger partial charge < -0.3 is 14.8 Å². The summed E-state index contributed by atoms with van der Waals surface area (Å²) < 4.78 is 60.0. The lowest BCUT2D eigenvalue weighted by atomic mass is 10.2. The first kappa shape index (κ1) is 17.6. The van der Waals surface area contributed by atoms with Gasteiger partial charge in [0.2, 0.25) is 0 Å². The van der Waals surface area contributed by atoms with Crippen LogP contribution in [-0.2, 0) is 4.79 Å². The average Bonchev–Trinajstić information content (AvgIpc) is 2.38. The molecule has 0 aliphatic carbocycles. The predicted molar refractivity (Wildman–Crippen MR) is 68.9 cm³/mol. The predicted octanol–water partition coefficient (Wildman–Crippen LogP) is 3.76. The number of nitrogens with one attached hydrogen (secondary N) is 1. The minimum atomic E-state index is -5.58. The minimum absolute atomic E-state index is 0.0406. The Morgan fingerprint density at radius 1 is 1.14 bits per heavy atom. The molecule has 1 rings (SSSR count). The molecule has 0 aliphatic rings. The molecule has 1 aromatic rings. The standard InChI is InChI=1S/C11H9Cl2F4NO3/c1-20-7-4-6(8(21-2)3-5(7)12)18-9(19)10(13,14)11(15,16)17/h3-4H,1-2H3,(H,18,19)/t10-/m0/s1. The zero-order valence-corrected chi connectivity index (χ0v) is 12.2. The Kier molecular flexibility index (Phi) is 5.16. The van der Waals surface area contributed by atoms with Gasteiger partial charge >= 0.3 is 11.3 Å². The number of benzene rings is 1. The number of halogens is 6. The van der Waals surface area contributed by atoms with Crippen molar-refractivity contribution in [2.75, 3.05) is 19.5 Å². The number of alkyl halides is 5. The SMILES string of the molecule is COc1cc(NC(=O)[C@@](F)(Cl)C(F)(F)F)c(OC)cc1Cl. The molecule has 0 saturated carbocycles. The molecule has 0 heterocycles. The van der Waals surface area contributed by atoms with E-state index in [-0.39, 0.29) is 22.2 Å². The van der Waals surface area contributed by atoms with E-state index in [1.165, 1.54) is 20.3 Å². The molecule has 1 aromatic carbocycles. The molecule has 0 saturated heterocycles. The van der Waals surface area contributed by atoms with Crippen LogP contribution in [0.25, 0.3) is 0 Å². The van der Waals surface area contributed by atoms with Crippen molar-refractivity contribution in [2.24, 2.45) is 0 Å². The second-order valence-corrected chi connectivity index (χ2v) is 4.64. The van der Waals surface area contributed by atoms with Crippen molar-refractivity contribution in [3.63, 3.8) is 0 Å². The zero-order valence-electron chi connectivity index (χ0n) is 10.6. The number of carbonyl (C=O) groups excluding carboxylic acids is 1. The second kappa shape index (κ2) is 6.15. The fourth-order valence-electron chi connectivity index (χ4n) is 1.29. The number of amides is 1. The van der Waals surface area contributed by atoms with Crippen LogP contribution in [0.2, 0.25) is 5.02 Å². The van der Waals surface area contributed by atoms with E-state index in [4.69, 9.17) is 21.1 Å². The summed E-state index contributed by atoms with van der Waals surface area (Å²) in [6.07, 6.45) is -5.58. The number of hydrogen-bond donors (Lipinski definition) is 1. The van der Waals surface area contributed by atoms with Crippen LogP contribution in [0, 0.1) is 0 Å². The third-order valence-electron chi connectivity index (χ3n) is 2.36. The van der Waals surface area contributed by atoms with Crippen LogP contribution in [0.4, 0.5) is 23.2 Å². The summed E-state index contributed by atoms with van der Waals surface area (Å²) in [6, 6.07) is 2.25. The highest BCUT2D eigenvalue weighted by molar-refractivity contribution is 6.36. The molecule has 0 bridgehead atoms. The average molecular weight is 350 g/mol. The fraction of sp³-hybridized carbons (Fsp3) is 0.364. The first-order valence-electron chi connectivity index (χ1n) is 5.22. The first-order valence-corrected chi connectivity index (χ1v) is 5.97. The highest BCUT2D eigenvalue weighted by Crippen LogP contribution is 2.40. The Labute approximate surface area is 126 Å². The maximum Gasteiger partial charge on any atom is 0.446 e. The Balaban J connectivity index is 3.16. The molecule has 4 nitrogen and oxygen atoms in total. The molecule has 0 radical (unpaired) electrons. The Bertz CT molecular complexity index is 549. The highest BCUT2D eigenvalue weighted by Gasteiger charge is 2.61. The van der Waals surface area contributed by atoms with E-state index < -0.39 is 17.2 Å². The molecule has 1 amide bonds. The van der Waals surface area contributed by atoms with Crippen LogP contribution in [0.15, 0.2) is 12.1 Å². The summed E-state index contributed by atoms with van der Waals surface area (Å²) in [5.74, 6) is -2.16. The van der Waals surface area contributed by atoms with Gasteiger partial charge in [-0.3, -0.25) is 4.79 Å². The monoisotopic (exact) mass is 349 g/mol. The van der Waals surface area contributed by atoms with E-state index in [0.29, 0.717) is 0 Å². The van der Waals surface area contributed by atoms with Crippen molar-refractivity contribution in [1.29, 1.82) is 0 Å². The number of ether oxygens (including phenoxy) is 2. The van der Waals surface area contributed by atoms with Crippen LogP contribution < -0.4 is 14.8 Å². The van der Waals surface area contributed by atoms with Crippen molar-refractivity contribution in [1.82, 2.24) is 0 Å². The van der Waals surface area contributed by atoms with Gasteiger partial charge in [-0.05, 0) is 0 Å². The fourth-order valence-corrected chi connectivity index (χ4v) is 1.57. The first-order chi connectivity index (χ1) is 9.54. The lowest BCUT2D eigenvalue weighted by Crippen LogP contribution is -2.46. The minimum Gasteiger partial charge on any atom is -0.495 e. The number of anilines is 1. The molecule has 0 fully saturated rings. The third-order valence-corrected chi connectivity index (χ3v) is 3.04. The van der Waals surface area contributed by atoms with Crippen molar-refractivity contribution < 1.29 is 31.8 Å². The number of hydrogen-bond acceptors (Lipinski definition) is 3. The highest BCUT2D eigenvalue weighted by atomic mass is 35.5. The van der Waals surface area contributed by atoms with E-state index in [0.717, 1.165) is 6.07 Å². The molecule has 1 N–H and O–H groups in total. The molecule has 1 atom stereocenters. The molecule has 0 unspecified atom stereocenters. The second-order valence-electron chi connectivity index (χ2n) is 3.71. The summed E-state index contributed by atoms with van der Waals surface area (Å²) in [5, 5.41) is -2.81. The Morgan fingerprint density at radius 2 is 1.67 bits per heavy atom. The molecule has 21 heavy (non-hydrogen) atoms. The van der Waals surface area contributed by atoms with Gasteiger partial charge in [-0.1, -0.05) is 23.2 Å². The maximum atomic E-state index is 13.3. The number of rotatable bonds is 4. The van der Waals surface area contributed by atoms with Gasteiger partial charge in [0.25, 0.3) is 5.91 Å². The number of methoxy groups -OCH3 is 2. The quantitative estimate of drug-likeness (QED) is 0.665. The van der Waals surface area contributed by atoms with E-state index in [1.807, 2.05) is 0 Å². The summed E-state index contributed by atoms with van der Waals surface area (Å²) in [4.78, 5) is 11.4. The van der Waals surface area contributed by atoms with Crippen molar-refractivity contribution in [2.45, 2.75) is 11.3 Å². The molecule has 0 aliphatic heterocycles. The van der Waals surface area contributed by atoms with E-state index in [9.17, 15) is 22.4 Å². The van der Waals surface area contributed by atoms with E-state index in [1.54, 1.807) is 5.32 Å². The van der Waals surface area contributed by atoms with Crippen LogP contribution in [0.3, 0.4) is 0 Å². The van der Waals surface area contributed by atoms with E-state index in [2.05, 4.69) is 11.6 Å². The van der Waals surface area contributed by atoms with Crippen molar-refractivity contribution >= 4 is 34.8 Å². The van der Waals surface area contributed by atoms with Crippen LogP contribution >= 0.6 is 23.2 Å². The van der Waals surface area contributed by atoms with Gasteiger partial charge in [0.05, 0.1) is 24.9 Å². The largest absolute Gasteiger partial charge is 0.495 e. The van der Waals surface area contributed by atoms with Crippen molar-refractivity contribution in [3.8, 4) is 11.5 Å². The zero-order chi connectivity index (χ0) is 16.4. The molecular formula is C11H9Cl2F4NO3. The lowest BCUT2D eigenvalue weighted by Gasteiger charge is -2.21. The molecular weight excluding hydrogens is 341 g/mol. The third kappa shape index (κ3) is 3.62. The van der Waals surface area contributed by atoms with Crippen LogP contribution in [0.1, 0.15) is 0 Å². The van der Waals surface area contributed by atoms with Gasteiger partial charge in [-0.25, -0.2) is 4.39 Å². The summed E-state index contributed by atoms with van der Waals surface area (Å²) in [5.41, 5.74) is -0.282. The van der Waals surface area contributed by atoms with Gasteiger partial charge in [-0.2, -0.15) is 13.2 Å². The van der Waals surface area contributed by atoms with Crippen LogP contribution in [0.5, 0.6) is 11.5 Å². The number of carbonyl (C=O) groups is 1. The van der Waals surface area contributed by atoms with Gasteiger partial charge in [0, 0.05) is 12.1 Å². The lowest BCUT2D eigenvalue weighted by molar-refractivity contribution is -0.197. The molecule has 10 heteroatoms. The summed E-state index contributed by atoms with van der Waals surface area (Å²) in [6.45, 7) is 0. The molecule has 118 valence electrons. The van der Waals surface area contributed by atoms with Gasteiger partial charge in [-0.15, -0.1) is 0 Å². The smallest absolute Gasteiger partial charge is 0.446 e. The van der Waals surface area contributed by atoms with Crippen LogP contribution in [-0.4, -0.2) is 31.4 Å². The maximum absolute atomic E-state index is 13.3. The summed E-state index contributed by atoms with van der Waals surface area (Å²) in [7, 11) is 2.43. The van der Waals surface area contributed by atoms with Gasteiger partial charge in [0.1, 0.15) is 11.5 Å². The van der Waals surface area contributed by atoms with Crippen molar-refractivity contribution in [3.05, 3.63) is 17.2 Å². The summed E-state index contributed by atoms with van der Waals surface area (Å²) >= 11 is 10.4. The normalized spacial score (nSPS) is 14.3. The van der Waals surface area contributed by atoms with Gasteiger partial charge in [0.15, 0.2) is 0 Å². The molecule has 0 spiro atoms. The molecule has 0 aromatic heterocycles. The Morgan fingerprint density at radius 3 is 2.10 bits per heavy atom. The van der Waals surface area contributed by atoms with E-state index >= 15 is 0 Å². The Hall–Kier alpha value is -1.41.